The molecular weight excluding hydrogens is 523 g/mol. The molecule has 40 heavy (non-hydrogen) atoms. The number of hydrogen-bond donors (Lipinski definition) is 5. The summed E-state index contributed by atoms with van der Waals surface area (Å²) in [7, 11) is 0. The van der Waals surface area contributed by atoms with Crippen molar-refractivity contribution >= 4 is 17.8 Å². The monoisotopic (exact) mass is 546 g/mol. The van der Waals surface area contributed by atoms with Crippen molar-refractivity contribution in [3.63, 3.8) is 0 Å². The maximum Gasteiger partial charge on any atom is 0.439 e. The highest BCUT2D eigenvalue weighted by atomic mass is 19.1. The van der Waals surface area contributed by atoms with E-state index in [0.717, 1.165) is 17.5 Å². The van der Waals surface area contributed by atoms with Crippen molar-refractivity contribution in [3.8, 4) is 11.4 Å². The van der Waals surface area contributed by atoms with Gasteiger partial charge in [-0.05, 0) is 47.7 Å². The lowest BCUT2D eigenvalue weighted by Gasteiger charge is -2.14. The number of halogens is 1. The van der Waals surface area contributed by atoms with Crippen LogP contribution in [0.15, 0.2) is 58.1 Å². The highest BCUT2D eigenvalue weighted by molar-refractivity contribution is 5.97. The van der Waals surface area contributed by atoms with Gasteiger partial charge in [0.25, 0.3) is 11.8 Å². The lowest BCUT2D eigenvalue weighted by atomic mass is 10.0. The molecule has 14 heteroatoms. The van der Waals surface area contributed by atoms with E-state index in [9.17, 15) is 23.6 Å². The Morgan fingerprint density at radius 3 is 2.58 bits per heavy atom. The first-order chi connectivity index (χ1) is 19.3. The zero-order chi connectivity index (χ0) is 28.2. The summed E-state index contributed by atoms with van der Waals surface area (Å²) in [5, 5.41) is 11.6. The molecule has 0 unspecified atom stereocenters. The van der Waals surface area contributed by atoms with Crippen molar-refractivity contribution in [2.45, 2.75) is 32.0 Å². The molecule has 2 aromatic heterocycles. The number of aromatic amines is 1. The number of rotatable bonds is 8. The molecule has 13 nitrogen and oxygen atoms in total. The van der Waals surface area contributed by atoms with Crippen LogP contribution in [0.1, 0.15) is 55.7 Å². The number of nitrogens with zero attached hydrogens (tertiary/aromatic N) is 3. The lowest BCUT2D eigenvalue weighted by Crippen LogP contribution is -2.29. The number of carbonyl (C=O) groups is 3. The Morgan fingerprint density at radius 1 is 1.02 bits per heavy atom. The van der Waals surface area contributed by atoms with Crippen LogP contribution in [0.5, 0.6) is 0 Å². The summed E-state index contributed by atoms with van der Waals surface area (Å²) in [6.45, 7) is -0.0419. The molecule has 0 bridgehead atoms. The van der Waals surface area contributed by atoms with Crippen molar-refractivity contribution < 1.29 is 23.3 Å². The van der Waals surface area contributed by atoms with Crippen molar-refractivity contribution in [1.29, 1.82) is 0 Å². The third kappa shape index (κ3) is 5.85. The van der Waals surface area contributed by atoms with Gasteiger partial charge in [-0.3, -0.25) is 19.1 Å². The van der Waals surface area contributed by atoms with Crippen LogP contribution in [0.2, 0.25) is 0 Å². The lowest BCUT2D eigenvalue weighted by molar-refractivity contribution is 0.0931. The molecule has 0 aliphatic heterocycles. The molecule has 1 atom stereocenters. The maximum atomic E-state index is 14.0. The number of hydrogen-bond acceptors (Lipinski definition) is 8. The van der Waals surface area contributed by atoms with Gasteiger partial charge in [-0.2, -0.15) is 0 Å². The second-order valence-electron chi connectivity index (χ2n) is 9.04. The number of primary amides is 1. The Bertz CT molecular complexity index is 1670. The van der Waals surface area contributed by atoms with Crippen molar-refractivity contribution in [2.24, 2.45) is 5.73 Å². The summed E-state index contributed by atoms with van der Waals surface area (Å²) in [5.74, 6) is -1.86. The number of benzene rings is 2. The van der Waals surface area contributed by atoms with Gasteiger partial charge >= 0.3 is 11.8 Å². The topological polar surface area (TPSA) is 198 Å². The molecule has 1 aliphatic carbocycles. The van der Waals surface area contributed by atoms with E-state index < -0.39 is 29.4 Å². The average molecular weight is 547 g/mol. The first kappa shape index (κ1) is 26.2. The van der Waals surface area contributed by atoms with Gasteiger partial charge in [0.05, 0.1) is 6.04 Å². The minimum absolute atomic E-state index is 0.0176. The summed E-state index contributed by atoms with van der Waals surface area (Å²) in [4.78, 5) is 58.3. The molecule has 0 saturated heterocycles. The van der Waals surface area contributed by atoms with Crippen LogP contribution in [-0.2, 0) is 19.5 Å². The van der Waals surface area contributed by atoms with Gasteiger partial charge in [0.1, 0.15) is 23.5 Å². The van der Waals surface area contributed by atoms with E-state index in [1.807, 2.05) is 12.1 Å². The number of urea groups is 1. The summed E-state index contributed by atoms with van der Waals surface area (Å²) in [6.07, 6.45) is 2.49. The van der Waals surface area contributed by atoms with Gasteiger partial charge in [0.15, 0.2) is 5.82 Å². The fourth-order valence-corrected chi connectivity index (χ4v) is 4.44. The number of nitrogens with two attached hydrogens (primary N) is 1. The standard InChI is InChI=1S/C26H23FN8O5/c27-18-5-1-13(7-16(18)11-30-25(28)38)10-29-23(36)20-9-21(32-12-31-20)24(37)33-19-6-3-14-8-15(2-4-17(14)19)22-34-26(39)40-35-22/h1-2,4-5,7-9,12,19H,3,6,10-11H2,(H,29,36)(H,33,37)(H3,28,30,38)(H,34,35,39)/t19-/m0/s1. The highest BCUT2D eigenvalue weighted by Crippen LogP contribution is 2.33. The Labute approximate surface area is 225 Å². The summed E-state index contributed by atoms with van der Waals surface area (Å²) < 4.78 is 18.5. The summed E-state index contributed by atoms with van der Waals surface area (Å²) in [6, 6.07) is 9.99. The van der Waals surface area contributed by atoms with Gasteiger partial charge in [-0.25, -0.2) is 23.9 Å². The van der Waals surface area contributed by atoms with Crippen LogP contribution < -0.4 is 27.4 Å². The van der Waals surface area contributed by atoms with Gasteiger partial charge in [-0.15, -0.1) is 0 Å². The molecule has 2 heterocycles. The normalized spacial score (nSPS) is 13.9. The Kier molecular flexibility index (Phi) is 7.31. The number of aryl methyl sites for hydroxylation is 1. The predicted molar refractivity (Wildman–Crippen MR) is 137 cm³/mol. The quantitative estimate of drug-likeness (QED) is 0.219. The number of amides is 4. The molecule has 4 aromatic rings. The van der Waals surface area contributed by atoms with E-state index in [-0.39, 0.29) is 36.1 Å². The van der Waals surface area contributed by atoms with Crippen LogP contribution >= 0.6 is 0 Å². The molecule has 5 rings (SSSR count). The first-order valence-electron chi connectivity index (χ1n) is 12.2. The molecule has 0 radical (unpaired) electrons. The number of carbonyl (C=O) groups excluding carboxylic acids is 3. The predicted octanol–water partition coefficient (Wildman–Crippen LogP) is 1.47. The second kappa shape index (κ2) is 11.1. The summed E-state index contributed by atoms with van der Waals surface area (Å²) in [5.41, 5.74) is 8.46. The van der Waals surface area contributed by atoms with E-state index in [1.165, 1.54) is 24.3 Å². The Hall–Kier alpha value is -5.40. The maximum absolute atomic E-state index is 14.0. The highest BCUT2D eigenvalue weighted by Gasteiger charge is 2.26. The first-order valence-corrected chi connectivity index (χ1v) is 12.2. The zero-order valence-electron chi connectivity index (χ0n) is 20.9. The summed E-state index contributed by atoms with van der Waals surface area (Å²) >= 11 is 0. The zero-order valence-corrected chi connectivity index (χ0v) is 20.9. The fourth-order valence-electron chi connectivity index (χ4n) is 4.44. The molecule has 0 saturated carbocycles. The van der Waals surface area contributed by atoms with E-state index >= 15 is 0 Å². The fraction of sp³-hybridized carbons (Fsp3) is 0.192. The number of fused-ring (bicyclic) bond motifs is 1. The Balaban J connectivity index is 1.21. The molecule has 0 spiro atoms. The Morgan fingerprint density at radius 2 is 1.82 bits per heavy atom. The van der Waals surface area contributed by atoms with Crippen LogP contribution in [-0.4, -0.2) is 38.0 Å². The SMILES string of the molecule is NC(=O)NCc1cc(CNC(=O)c2cc(C(=O)N[C@H]3CCc4cc(-c5noc(=O)[nH]5)ccc43)ncn2)ccc1F. The van der Waals surface area contributed by atoms with Gasteiger partial charge in [-0.1, -0.05) is 23.4 Å². The third-order valence-electron chi connectivity index (χ3n) is 6.39. The number of nitrogens with one attached hydrogen (secondary N) is 4. The van der Waals surface area contributed by atoms with Crippen LogP contribution in [0, 0.1) is 5.82 Å². The molecule has 1 aliphatic rings. The molecule has 6 N–H and O–H groups in total. The third-order valence-corrected chi connectivity index (χ3v) is 6.39. The largest absolute Gasteiger partial charge is 0.439 e. The van der Waals surface area contributed by atoms with E-state index in [2.05, 4.69) is 40.6 Å². The van der Waals surface area contributed by atoms with Crippen molar-refractivity contribution in [2.75, 3.05) is 0 Å². The van der Waals surface area contributed by atoms with Crippen LogP contribution in [0.4, 0.5) is 9.18 Å². The minimum atomic E-state index is -0.783. The molecule has 204 valence electrons. The van der Waals surface area contributed by atoms with Gasteiger partial charge < -0.3 is 21.7 Å². The molecule has 4 amide bonds. The van der Waals surface area contributed by atoms with Crippen LogP contribution in [0.25, 0.3) is 11.4 Å². The number of aromatic nitrogens is 4. The second-order valence-corrected chi connectivity index (χ2v) is 9.04. The minimum Gasteiger partial charge on any atom is -0.352 e. The molecule has 2 aromatic carbocycles. The van der Waals surface area contributed by atoms with Gasteiger partial charge in [0, 0.05) is 30.3 Å². The van der Waals surface area contributed by atoms with Crippen molar-refractivity contribution in [1.82, 2.24) is 36.1 Å². The molecule has 0 fully saturated rings. The van der Waals surface area contributed by atoms with E-state index in [1.54, 1.807) is 6.07 Å². The van der Waals surface area contributed by atoms with E-state index in [4.69, 9.17) is 5.73 Å². The smallest absolute Gasteiger partial charge is 0.352 e. The molecular formula is C26H23FN8O5. The van der Waals surface area contributed by atoms with E-state index in [0.29, 0.717) is 29.8 Å². The van der Waals surface area contributed by atoms with Gasteiger partial charge in [0.2, 0.25) is 0 Å². The average Bonchev–Trinajstić information content (AvgIpc) is 3.57. The van der Waals surface area contributed by atoms with Crippen molar-refractivity contribution in [3.05, 3.63) is 98.8 Å². The number of H-pyrrole nitrogens is 1. The van der Waals surface area contributed by atoms with Crippen LogP contribution in [0.3, 0.4) is 0 Å².